The molecule has 2 atom stereocenters. The number of aromatic nitrogens is 2. The zero-order valence-electron chi connectivity index (χ0n) is 14.8. The molecule has 0 N–H and O–H groups in total. The van der Waals surface area contributed by atoms with Gasteiger partial charge in [0.1, 0.15) is 0 Å². The zero-order chi connectivity index (χ0) is 17.4. The summed E-state index contributed by atoms with van der Waals surface area (Å²) >= 11 is 0. The molecule has 0 aliphatic carbocycles. The van der Waals surface area contributed by atoms with Crippen LogP contribution < -0.4 is 4.90 Å². The number of carbonyl (C=O) groups is 1. The van der Waals surface area contributed by atoms with E-state index in [1.807, 2.05) is 17.0 Å². The number of benzene rings is 1. The number of likely N-dealkylation sites (tertiary alicyclic amines) is 1. The first-order valence-corrected chi connectivity index (χ1v) is 9.07. The average molecular weight is 340 g/mol. The van der Waals surface area contributed by atoms with Gasteiger partial charge >= 0.3 is 0 Å². The molecule has 4 rings (SSSR count). The summed E-state index contributed by atoms with van der Waals surface area (Å²) in [5.41, 5.74) is 2.33. The third kappa shape index (κ3) is 3.06. The molecule has 0 radical (unpaired) electrons. The molecule has 132 valence electrons. The summed E-state index contributed by atoms with van der Waals surface area (Å²) in [6.45, 7) is 5.23. The van der Waals surface area contributed by atoms with Gasteiger partial charge in [-0.2, -0.15) is 4.98 Å². The molecule has 1 aromatic carbocycles. The van der Waals surface area contributed by atoms with Crippen LogP contribution in [0.3, 0.4) is 0 Å². The van der Waals surface area contributed by atoms with Crippen LogP contribution in [0.15, 0.2) is 28.8 Å². The van der Waals surface area contributed by atoms with E-state index in [0.717, 1.165) is 37.9 Å². The second-order valence-corrected chi connectivity index (χ2v) is 7.08. The Hall–Kier alpha value is -2.21. The Labute approximate surface area is 147 Å². The van der Waals surface area contributed by atoms with E-state index < -0.39 is 0 Å². The lowest BCUT2D eigenvalue weighted by Gasteiger charge is -2.36. The van der Waals surface area contributed by atoms with Crippen molar-refractivity contribution in [2.75, 3.05) is 18.0 Å². The van der Waals surface area contributed by atoms with Crippen molar-refractivity contribution in [1.29, 1.82) is 0 Å². The number of rotatable bonds is 3. The molecular weight excluding hydrogens is 316 g/mol. The lowest BCUT2D eigenvalue weighted by atomic mass is 9.96. The summed E-state index contributed by atoms with van der Waals surface area (Å²) in [7, 11) is 0. The van der Waals surface area contributed by atoms with E-state index in [1.54, 1.807) is 6.92 Å². The van der Waals surface area contributed by atoms with Gasteiger partial charge < -0.3 is 9.42 Å². The van der Waals surface area contributed by atoms with Crippen LogP contribution in [-0.4, -0.2) is 40.1 Å². The molecule has 0 spiro atoms. The van der Waals surface area contributed by atoms with Gasteiger partial charge in [0, 0.05) is 18.7 Å². The third-order valence-electron chi connectivity index (χ3n) is 5.34. The Bertz CT molecular complexity index is 772. The van der Waals surface area contributed by atoms with Crippen LogP contribution in [0.5, 0.6) is 0 Å². The van der Waals surface area contributed by atoms with E-state index in [4.69, 9.17) is 4.52 Å². The quantitative estimate of drug-likeness (QED) is 0.860. The SMILES string of the molecule is Cc1nc(C2CCCN2CC(=O)N2c3ccccc3CCC2C)no1. The highest BCUT2D eigenvalue weighted by Gasteiger charge is 2.34. The van der Waals surface area contributed by atoms with Gasteiger partial charge in [0.25, 0.3) is 0 Å². The fraction of sp³-hybridized carbons (Fsp3) is 0.526. The molecule has 6 heteroatoms. The van der Waals surface area contributed by atoms with E-state index in [0.29, 0.717) is 18.3 Å². The van der Waals surface area contributed by atoms with Gasteiger partial charge in [0.05, 0.1) is 12.6 Å². The van der Waals surface area contributed by atoms with Crippen molar-refractivity contribution in [3.63, 3.8) is 0 Å². The fourth-order valence-electron chi connectivity index (χ4n) is 4.08. The smallest absolute Gasteiger partial charge is 0.241 e. The molecule has 1 aromatic heterocycles. The minimum Gasteiger partial charge on any atom is -0.340 e. The maximum atomic E-state index is 13.1. The lowest BCUT2D eigenvalue weighted by molar-refractivity contribution is -0.120. The van der Waals surface area contributed by atoms with Gasteiger partial charge in [-0.15, -0.1) is 0 Å². The number of fused-ring (bicyclic) bond motifs is 1. The van der Waals surface area contributed by atoms with E-state index in [1.165, 1.54) is 5.56 Å². The van der Waals surface area contributed by atoms with Crippen LogP contribution in [0.2, 0.25) is 0 Å². The van der Waals surface area contributed by atoms with Crippen LogP contribution in [0.25, 0.3) is 0 Å². The molecule has 6 nitrogen and oxygen atoms in total. The minimum absolute atomic E-state index is 0.0803. The monoisotopic (exact) mass is 340 g/mol. The second-order valence-electron chi connectivity index (χ2n) is 7.08. The molecule has 1 amide bonds. The largest absolute Gasteiger partial charge is 0.340 e. The van der Waals surface area contributed by atoms with Crippen LogP contribution >= 0.6 is 0 Å². The van der Waals surface area contributed by atoms with E-state index >= 15 is 0 Å². The summed E-state index contributed by atoms with van der Waals surface area (Å²) in [4.78, 5) is 21.7. The molecule has 2 aromatic rings. The number of para-hydroxylation sites is 1. The van der Waals surface area contributed by atoms with Crippen LogP contribution in [0.1, 0.15) is 49.5 Å². The molecule has 25 heavy (non-hydrogen) atoms. The first kappa shape index (κ1) is 16.3. The fourth-order valence-corrected chi connectivity index (χ4v) is 4.08. The Morgan fingerprint density at radius 3 is 2.96 bits per heavy atom. The average Bonchev–Trinajstić information content (AvgIpc) is 3.23. The van der Waals surface area contributed by atoms with Gasteiger partial charge in [-0.25, -0.2) is 0 Å². The molecule has 0 bridgehead atoms. The number of anilines is 1. The molecule has 2 aliphatic heterocycles. The Morgan fingerprint density at radius 1 is 1.32 bits per heavy atom. The summed E-state index contributed by atoms with van der Waals surface area (Å²) in [6.07, 6.45) is 4.07. The summed E-state index contributed by atoms with van der Waals surface area (Å²) in [6, 6.07) is 8.56. The normalized spacial score (nSPS) is 23.7. The van der Waals surface area contributed by atoms with E-state index in [2.05, 4.69) is 34.1 Å². The highest BCUT2D eigenvalue weighted by atomic mass is 16.5. The van der Waals surface area contributed by atoms with E-state index in [9.17, 15) is 4.79 Å². The van der Waals surface area contributed by atoms with Crippen LogP contribution in [0, 0.1) is 6.92 Å². The standard InChI is InChI=1S/C19H24N4O2/c1-13-9-10-15-6-3-4-7-16(15)23(13)18(24)12-22-11-5-8-17(22)19-20-14(2)25-21-19/h3-4,6-7,13,17H,5,8-12H2,1-2H3. The Morgan fingerprint density at radius 2 is 2.16 bits per heavy atom. The van der Waals surface area contributed by atoms with Gasteiger partial charge in [0.15, 0.2) is 5.82 Å². The highest BCUT2D eigenvalue weighted by Crippen LogP contribution is 2.33. The Kier molecular flexibility index (Phi) is 4.29. The molecule has 2 aliphatic rings. The molecular formula is C19H24N4O2. The number of hydrogen-bond acceptors (Lipinski definition) is 5. The second kappa shape index (κ2) is 6.59. The van der Waals surface area contributed by atoms with Crippen molar-refractivity contribution in [2.24, 2.45) is 0 Å². The maximum absolute atomic E-state index is 13.1. The van der Waals surface area contributed by atoms with E-state index in [-0.39, 0.29) is 18.0 Å². The van der Waals surface area contributed by atoms with Crippen LogP contribution in [0.4, 0.5) is 5.69 Å². The number of carbonyl (C=O) groups excluding carboxylic acids is 1. The van der Waals surface area contributed by atoms with Gasteiger partial charge in [-0.05, 0) is 50.8 Å². The number of nitrogens with zero attached hydrogens (tertiary/aromatic N) is 4. The van der Waals surface area contributed by atoms with Crippen LogP contribution in [-0.2, 0) is 11.2 Å². The number of aryl methyl sites for hydroxylation is 2. The number of hydrogen-bond donors (Lipinski definition) is 0. The van der Waals surface area contributed by atoms with Crippen molar-refractivity contribution in [2.45, 2.75) is 51.6 Å². The van der Waals surface area contributed by atoms with Crippen molar-refractivity contribution in [3.8, 4) is 0 Å². The summed E-state index contributed by atoms with van der Waals surface area (Å²) in [5.74, 6) is 1.44. The molecule has 1 saturated heterocycles. The van der Waals surface area contributed by atoms with Crippen molar-refractivity contribution < 1.29 is 9.32 Å². The molecule has 2 unspecified atom stereocenters. The predicted molar refractivity (Wildman–Crippen MR) is 94.3 cm³/mol. The Balaban J connectivity index is 1.53. The van der Waals surface area contributed by atoms with Gasteiger partial charge in [0.2, 0.25) is 11.8 Å². The maximum Gasteiger partial charge on any atom is 0.241 e. The molecule has 0 saturated carbocycles. The number of amides is 1. The zero-order valence-corrected chi connectivity index (χ0v) is 14.8. The molecule has 3 heterocycles. The summed E-state index contributed by atoms with van der Waals surface area (Å²) < 4.78 is 5.13. The minimum atomic E-state index is 0.0803. The lowest BCUT2D eigenvalue weighted by Crippen LogP contribution is -2.47. The third-order valence-corrected chi connectivity index (χ3v) is 5.34. The van der Waals surface area contributed by atoms with Crippen molar-refractivity contribution in [1.82, 2.24) is 15.0 Å². The van der Waals surface area contributed by atoms with Gasteiger partial charge in [-0.3, -0.25) is 9.69 Å². The predicted octanol–water partition coefficient (Wildman–Crippen LogP) is 2.88. The first-order chi connectivity index (χ1) is 12.1. The first-order valence-electron chi connectivity index (χ1n) is 9.07. The van der Waals surface area contributed by atoms with Gasteiger partial charge in [-0.1, -0.05) is 23.4 Å². The molecule has 1 fully saturated rings. The van der Waals surface area contributed by atoms with Crippen molar-refractivity contribution in [3.05, 3.63) is 41.5 Å². The summed E-state index contributed by atoms with van der Waals surface area (Å²) in [5, 5.41) is 4.07. The topological polar surface area (TPSA) is 62.5 Å². The highest BCUT2D eigenvalue weighted by molar-refractivity contribution is 5.96. The van der Waals surface area contributed by atoms with Crippen molar-refractivity contribution >= 4 is 11.6 Å².